The molecule has 20 heavy (non-hydrogen) atoms. The number of ether oxygens (including phenoxy) is 1. The highest BCUT2D eigenvalue weighted by atomic mass is 16.5. The highest BCUT2D eigenvalue weighted by molar-refractivity contribution is 5.80. The first-order chi connectivity index (χ1) is 9.32. The molecule has 0 aromatic heterocycles. The third-order valence-electron chi connectivity index (χ3n) is 4.18. The Balaban J connectivity index is 4.82. The number of carbonyl (C=O) groups excluding carboxylic acids is 1. The van der Waals surface area contributed by atoms with Crippen LogP contribution in [-0.4, -0.2) is 48.7 Å². The fraction of sp³-hybridized carbons (Fsp3) is 0.938. The van der Waals surface area contributed by atoms with Crippen molar-refractivity contribution in [2.45, 2.75) is 78.4 Å². The van der Waals surface area contributed by atoms with E-state index in [2.05, 4.69) is 45.0 Å². The van der Waals surface area contributed by atoms with Crippen molar-refractivity contribution in [1.29, 1.82) is 0 Å². The average molecular weight is 286 g/mol. The maximum atomic E-state index is 12.3. The lowest BCUT2D eigenvalue weighted by Gasteiger charge is -2.37. The monoisotopic (exact) mass is 286 g/mol. The second-order valence-corrected chi connectivity index (χ2v) is 5.96. The molecule has 0 aliphatic heterocycles. The highest BCUT2D eigenvalue weighted by Gasteiger charge is 2.36. The Morgan fingerprint density at radius 2 is 1.85 bits per heavy atom. The Morgan fingerprint density at radius 3 is 2.30 bits per heavy atom. The van der Waals surface area contributed by atoms with Crippen LogP contribution in [0.4, 0.5) is 0 Å². The molecule has 0 radical (unpaired) electrons. The molecule has 0 saturated carbocycles. The van der Waals surface area contributed by atoms with Gasteiger partial charge in [-0.25, -0.2) is 0 Å². The van der Waals surface area contributed by atoms with Gasteiger partial charge in [0.15, 0.2) is 0 Å². The van der Waals surface area contributed by atoms with Crippen LogP contribution < -0.4 is 5.32 Å². The molecule has 0 spiro atoms. The van der Waals surface area contributed by atoms with Gasteiger partial charge in [-0.15, -0.1) is 0 Å². The minimum Gasteiger partial charge on any atom is -0.465 e. The molecule has 0 aliphatic rings. The first-order valence-electron chi connectivity index (χ1n) is 7.96. The van der Waals surface area contributed by atoms with Crippen LogP contribution in [0.25, 0.3) is 0 Å². The zero-order valence-corrected chi connectivity index (χ0v) is 14.5. The van der Waals surface area contributed by atoms with E-state index < -0.39 is 5.54 Å². The molecule has 0 rings (SSSR count). The SMILES string of the molecule is CCCNC(C)(CC(C)N(C)C(C)CC)C(=O)OCC. The number of nitrogens with zero attached hydrogens (tertiary/aromatic N) is 1. The van der Waals surface area contributed by atoms with Gasteiger partial charge in [-0.05, 0) is 60.5 Å². The van der Waals surface area contributed by atoms with E-state index in [4.69, 9.17) is 4.74 Å². The summed E-state index contributed by atoms with van der Waals surface area (Å²) in [6, 6.07) is 0.839. The van der Waals surface area contributed by atoms with Crippen molar-refractivity contribution in [1.82, 2.24) is 10.2 Å². The van der Waals surface area contributed by atoms with Crippen molar-refractivity contribution in [3.63, 3.8) is 0 Å². The third kappa shape index (κ3) is 5.80. The van der Waals surface area contributed by atoms with Gasteiger partial charge in [-0.1, -0.05) is 13.8 Å². The number of hydrogen-bond acceptors (Lipinski definition) is 4. The average Bonchev–Trinajstić information content (AvgIpc) is 2.43. The molecule has 0 bridgehead atoms. The number of hydrogen-bond donors (Lipinski definition) is 1. The lowest BCUT2D eigenvalue weighted by Crippen LogP contribution is -2.54. The molecule has 1 N–H and O–H groups in total. The summed E-state index contributed by atoms with van der Waals surface area (Å²) in [5, 5.41) is 3.37. The van der Waals surface area contributed by atoms with Crippen LogP contribution in [-0.2, 0) is 9.53 Å². The Bertz CT molecular complexity index is 284. The summed E-state index contributed by atoms with van der Waals surface area (Å²) in [5.74, 6) is -0.141. The highest BCUT2D eigenvalue weighted by Crippen LogP contribution is 2.20. The van der Waals surface area contributed by atoms with Gasteiger partial charge in [0.05, 0.1) is 6.61 Å². The normalized spacial score (nSPS) is 17.6. The van der Waals surface area contributed by atoms with Gasteiger partial charge in [0.25, 0.3) is 0 Å². The van der Waals surface area contributed by atoms with Crippen molar-refractivity contribution < 1.29 is 9.53 Å². The van der Waals surface area contributed by atoms with Gasteiger partial charge in [0.2, 0.25) is 0 Å². The predicted octanol–water partition coefficient (Wildman–Crippen LogP) is 2.82. The van der Waals surface area contributed by atoms with Gasteiger partial charge < -0.3 is 15.0 Å². The van der Waals surface area contributed by atoms with Gasteiger partial charge in [0.1, 0.15) is 5.54 Å². The van der Waals surface area contributed by atoms with Gasteiger partial charge >= 0.3 is 5.97 Å². The third-order valence-corrected chi connectivity index (χ3v) is 4.18. The van der Waals surface area contributed by atoms with Crippen LogP contribution >= 0.6 is 0 Å². The Morgan fingerprint density at radius 1 is 1.25 bits per heavy atom. The fourth-order valence-electron chi connectivity index (χ4n) is 2.38. The van der Waals surface area contributed by atoms with E-state index in [0.29, 0.717) is 18.7 Å². The van der Waals surface area contributed by atoms with E-state index in [-0.39, 0.29) is 5.97 Å². The molecule has 120 valence electrons. The Hall–Kier alpha value is -0.610. The first kappa shape index (κ1) is 19.4. The summed E-state index contributed by atoms with van der Waals surface area (Å²) in [4.78, 5) is 14.6. The molecule has 0 aliphatic carbocycles. The lowest BCUT2D eigenvalue weighted by molar-refractivity contribution is -0.151. The molecular formula is C16H34N2O2. The Kier molecular flexibility index (Phi) is 9.06. The second kappa shape index (κ2) is 9.35. The number of esters is 1. The molecule has 0 fully saturated rings. The second-order valence-electron chi connectivity index (χ2n) is 5.96. The van der Waals surface area contributed by atoms with Gasteiger partial charge in [0, 0.05) is 12.1 Å². The summed E-state index contributed by atoms with van der Waals surface area (Å²) < 4.78 is 5.25. The van der Waals surface area contributed by atoms with Crippen LogP contribution in [0.15, 0.2) is 0 Å². The molecule has 3 unspecified atom stereocenters. The minimum atomic E-state index is -0.604. The maximum absolute atomic E-state index is 12.3. The number of carbonyl (C=O) groups is 1. The number of rotatable bonds is 10. The van der Waals surface area contributed by atoms with Crippen LogP contribution in [0.5, 0.6) is 0 Å². The summed E-state index contributed by atoms with van der Waals surface area (Å²) in [5.41, 5.74) is -0.604. The van der Waals surface area contributed by atoms with E-state index in [1.54, 1.807) is 0 Å². The fourth-order valence-corrected chi connectivity index (χ4v) is 2.38. The molecule has 0 amide bonds. The molecule has 0 heterocycles. The van der Waals surface area contributed by atoms with Crippen LogP contribution in [0, 0.1) is 0 Å². The smallest absolute Gasteiger partial charge is 0.326 e. The molecule has 4 nitrogen and oxygen atoms in total. The maximum Gasteiger partial charge on any atom is 0.326 e. The van der Waals surface area contributed by atoms with E-state index in [1.165, 1.54) is 0 Å². The number of nitrogens with one attached hydrogen (secondary N) is 1. The predicted molar refractivity (Wildman–Crippen MR) is 84.9 cm³/mol. The first-order valence-corrected chi connectivity index (χ1v) is 7.96. The standard InChI is InChI=1S/C16H34N2O2/c1-8-11-17-16(6,15(19)20-10-3)12-14(5)18(7)13(4)9-2/h13-14,17H,8-12H2,1-7H3. The molecule has 3 atom stereocenters. The zero-order valence-electron chi connectivity index (χ0n) is 14.5. The quantitative estimate of drug-likeness (QED) is 0.627. The van der Waals surface area contributed by atoms with Crippen LogP contribution in [0.2, 0.25) is 0 Å². The van der Waals surface area contributed by atoms with Crippen molar-refractivity contribution in [2.75, 3.05) is 20.2 Å². The molecule has 0 aromatic rings. The van der Waals surface area contributed by atoms with Crippen molar-refractivity contribution in [2.24, 2.45) is 0 Å². The molecule has 0 aromatic carbocycles. The van der Waals surface area contributed by atoms with Gasteiger partial charge in [-0.3, -0.25) is 4.79 Å². The lowest BCUT2D eigenvalue weighted by atomic mass is 9.92. The van der Waals surface area contributed by atoms with Crippen LogP contribution in [0.3, 0.4) is 0 Å². The molecule has 0 saturated heterocycles. The minimum absolute atomic E-state index is 0.141. The van der Waals surface area contributed by atoms with E-state index >= 15 is 0 Å². The van der Waals surface area contributed by atoms with Gasteiger partial charge in [-0.2, -0.15) is 0 Å². The largest absolute Gasteiger partial charge is 0.465 e. The summed E-state index contributed by atoms with van der Waals surface area (Å²) in [7, 11) is 2.13. The summed E-state index contributed by atoms with van der Waals surface area (Å²) >= 11 is 0. The van der Waals surface area contributed by atoms with E-state index in [1.807, 2.05) is 13.8 Å². The molecular weight excluding hydrogens is 252 g/mol. The van der Waals surface area contributed by atoms with Crippen LogP contribution in [0.1, 0.15) is 60.8 Å². The molecule has 4 heteroatoms. The topological polar surface area (TPSA) is 41.6 Å². The van der Waals surface area contributed by atoms with Crippen molar-refractivity contribution in [3.05, 3.63) is 0 Å². The van der Waals surface area contributed by atoms with E-state index in [0.717, 1.165) is 25.8 Å². The summed E-state index contributed by atoms with van der Waals surface area (Å²) in [6.07, 6.45) is 2.87. The van der Waals surface area contributed by atoms with Crippen molar-refractivity contribution >= 4 is 5.97 Å². The Labute approximate surface area is 125 Å². The van der Waals surface area contributed by atoms with Crippen molar-refractivity contribution in [3.8, 4) is 0 Å². The van der Waals surface area contributed by atoms with E-state index in [9.17, 15) is 4.79 Å². The zero-order chi connectivity index (χ0) is 15.8. The summed E-state index contributed by atoms with van der Waals surface area (Å²) in [6.45, 7) is 13.8.